The summed E-state index contributed by atoms with van der Waals surface area (Å²) in [5.74, 6) is 2.01. The lowest BCUT2D eigenvalue weighted by atomic mass is 9.84. The van der Waals surface area contributed by atoms with Gasteiger partial charge in [-0.3, -0.25) is 14.9 Å². The van der Waals surface area contributed by atoms with Gasteiger partial charge in [0.2, 0.25) is 0 Å². The number of thiophene rings is 1. The molecule has 0 saturated heterocycles. The number of nitro groups is 1. The minimum Gasteiger partial charge on any atom is -0.349 e. The maximum atomic E-state index is 12.1. The molecule has 1 aromatic rings. The van der Waals surface area contributed by atoms with Gasteiger partial charge in [-0.1, -0.05) is 17.8 Å². The van der Waals surface area contributed by atoms with Crippen LogP contribution in [-0.4, -0.2) is 16.9 Å². The Morgan fingerprint density at radius 2 is 2.25 bits per heavy atom. The summed E-state index contributed by atoms with van der Waals surface area (Å²) in [4.78, 5) is 22.7. The van der Waals surface area contributed by atoms with Crippen molar-refractivity contribution in [3.05, 3.63) is 27.1 Å². The SMILES string of the molecule is C[C@@H](NC(=O)c1ccc([N+](=O)[O-])s1)[C@@H]1C[C@H]2CC[C@H]1C2. The molecule has 0 spiro atoms. The number of nitrogens with zero attached hydrogens (tertiary/aromatic N) is 1. The molecule has 1 amide bonds. The third kappa shape index (κ3) is 2.44. The average molecular weight is 294 g/mol. The van der Waals surface area contributed by atoms with Crippen LogP contribution in [0.15, 0.2) is 12.1 Å². The van der Waals surface area contributed by atoms with Gasteiger partial charge in [0.1, 0.15) is 0 Å². The van der Waals surface area contributed by atoms with E-state index < -0.39 is 4.92 Å². The summed E-state index contributed by atoms with van der Waals surface area (Å²) < 4.78 is 0. The van der Waals surface area contributed by atoms with Gasteiger partial charge < -0.3 is 5.32 Å². The van der Waals surface area contributed by atoms with Crippen molar-refractivity contribution in [1.29, 1.82) is 0 Å². The summed E-state index contributed by atoms with van der Waals surface area (Å²) in [6.07, 6.45) is 5.17. The fourth-order valence-electron chi connectivity index (χ4n) is 3.84. The molecule has 0 aromatic carbocycles. The van der Waals surface area contributed by atoms with E-state index >= 15 is 0 Å². The number of fused-ring (bicyclic) bond motifs is 2. The first-order chi connectivity index (χ1) is 9.54. The van der Waals surface area contributed by atoms with E-state index in [2.05, 4.69) is 12.2 Å². The van der Waals surface area contributed by atoms with Crippen molar-refractivity contribution in [1.82, 2.24) is 5.32 Å². The van der Waals surface area contributed by atoms with Gasteiger partial charge in [-0.05, 0) is 50.0 Å². The Morgan fingerprint density at radius 3 is 2.80 bits per heavy atom. The summed E-state index contributed by atoms with van der Waals surface area (Å²) in [6.45, 7) is 2.06. The summed E-state index contributed by atoms with van der Waals surface area (Å²) in [5, 5.41) is 13.7. The first-order valence-electron chi connectivity index (χ1n) is 7.09. The molecule has 3 rings (SSSR count). The molecule has 5 nitrogen and oxygen atoms in total. The van der Waals surface area contributed by atoms with E-state index in [0.29, 0.717) is 10.8 Å². The van der Waals surface area contributed by atoms with Crippen LogP contribution in [0.4, 0.5) is 5.00 Å². The normalized spacial score (nSPS) is 29.4. The number of amides is 1. The van der Waals surface area contributed by atoms with Gasteiger partial charge in [0, 0.05) is 12.1 Å². The Hall–Kier alpha value is -1.43. The molecule has 0 aliphatic heterocycles. The van der Waals surface area contributed by atoms with Crippen molar-refractivity contribution < 1.29 is 9.72 Å². The fraction of sp³-hybridized carbons (Fsp3) is 0.643. The molecular formula is C14H18N2O3S. The van der Waals surface area contributed by atoms with Crippen LogP contribution in [-0.2, 0) is 0 Å². The van der Waals surface area contributed by atoms with Crippen LogP contribution in [0.2, 0.25) is 0 Å². The maximum absolute atomic E-state index is 12.1. The summed E-state index contributed by atoms with van der Waals surface area (Å²) in [5.41, 5.74) is 0. The van der Waals surface area contributed by atoms with Crippen LogP contribution >= 0.6 is 11.3 Å². The Kier molecular flexibility index (Phi) is 3.50. The lowest BCUT2D eigenvalue weighted by Crippen LogP contribution is -2.39. The number of hydrogen-bond donors (Lipinski definition) is 1. The van der Waals surface area contributed by atoms with Crippen LogP contribution in [0, 0.1) is 27.9 Å². The van der Waals surface area contributed by atoms with Gasteiger partial charge in [0.15, 0.2) is 0 Å². The Labute approximate surface area is 121 Å². The van der Waals surface area contributed by atoms with E-state index in [9.17, 15) is 14.9 Å². The zero-order valence-electron chi connectivity index (χ0n) is 11.4. The highest BCUT2D eigenvalue weighted by Gasteiger charge is 2.42. The molecular weight excluding hydrogens is 276 g/mol. The zero-order valence-corrected chi connectivity index (χ0v) is 12.2. The van der Waals surface area contributed by atoms with Crippen LogP contribution < -0.4 is 5.32 Å². The van der Waals surface area contributed by atoms with Gasteiger partial charge in [0.25, 0.3) is 5.91 Å². The molecule has 4 atom stereocenters. The van der Waals surface area contributed by atoms with Gasteiger partial charge in [-0.15, -0.1) is 0 Å². The highest BCUT2D eigenvalue weighted by molar-refractivity contribution is 7.17. The lowest BCUT2D eigenvalue weighted by Gasteiger charge is -2.28. The van der Waals surface area contributed by atoms with Crippen LogP contribution in [0.1, 0.15) is 42.3 Å². The Bertz CT molecular complexity index is 542. The topological polar surface area (TPSA) is 72.2 Å². The zero-order chi connectivity index (χ0) is 14.3. The molecule has 2 saturated carbocycles. The number of nitrogens with one attached hydrogen (secondary N) is 1. The molecule has 6 heteroatoms. The van der Waals surface area contributed by atoms with Gasteiger partial charge in [-0.25, -0.2) is 0 Å². The second kappa shape index (κ2) is 5.16. The van der Waals surface area contributed by atoms with Gasteiger partial charge in [-0.2, -0.15) is 0 Å². The molecule has 2 bridgehead atoms. The van der Waals surface area contributed by atoms with Crippen molar-refractivity contribution in [3.63, 3.8) is 0 Å². The third-order valence-corrected chi connectivity index (χ3v) is 5.83. The second-order valence-corrected chi connectivity index (χ2v) is 7.06. The van der Waals surface area contributed by atoms with E-state index in [-0.39, 0.29) is 17.0 Å². The number of carbonyl (C=O) groups excluding carboxylic acids is 1. The van der Waals surface area contributed by atoms with Gasteiger partial charge >= 0.3 is 5.00 Å². The van der Waals surface area contributed by atoms with Crippen LogP contribution in [0.25, 0.3) is 0 Å². The smallest absolute Gasteiger partial charge is 0.324 e. The van der Waals surface area contributed by atoms with Crippen molar-refractivity contribution in [2.24, 2.45) is 17.8 Å². The van der Waals surface area contributed by atoms with Gasteiger partial charge in [0.05, 0.1) is 9.80 Å². The van der Waals surface area contributed by atoms with E-state index in [1.807, 2.05) is 0 Å². The quantitative estimate of drug-likeness (QED) is 0.684. The number of carbonyl (C=O) groups is 1. The van der Waals surface area contributed by atoms with E-state index in [1.54, 1.807) is 0 Å². The standard InChI is InChI=1S/C14H18N2O3S/c1-8(11-7-9-2-3-10(11)6-9)15-14(17)12-4-5-13(20-12)16(18)19/h4-5,8-11H,2-3,6-7H2,1H3,(H,15,17)/t8-,9+,10+,11+/m1/s1. The average Bonchev–Trinajstić information content (AvgIpc) is 3.14. The molecule has 2 fully saturated rings. The Balaban J connectivity index is 1.62. The first kappa shape index (κ1) is 13.5. The number of hydrogen-bond acceptors (Lipinski definition) is 4. The van der Waals surface area contributed by atoms with E-state index in [1.165, 1.54) is 37.8 Å². The molecule has 0 unspecified atom stereocenters. The molecule has 2 aliphatic rings. The van der Waals surface area contributed by atoms with Crippen molar-refractivity contribution in [2.75, 3.05) is 0 Å². The minimum atomic E-state index is -0.458. The monoisotopic (exact) mass is 294 g/mol. The first-order valence-corrected chi connectivity index (χ1v) is 7.91. The Morgan fingerprint density at radius 1 is 1.45 bits per heavy atom. The highest BCUT2D eigenvalue weighted by Crippen LogP contribution is 2.49. The van der Waals surface area contributed by atoms with E-state index in [0.717, 1.165) is 23.2 Å². The van der Waals surface area contributed by atoms with Crippen molar-refractivity contribution in [2.45, 2.75) is 38.6 Å². The lowest BCUT2D eigenvalue weighted by molar-refractivity contribution is -0.380. The molecule has 2 aliphatic carbocycles. The van der Waals surface area contributed by atoms with Crippen LogP contribution in [0.5, 0.6) is 0 Å². The van der Waals surface area contributed by atoms with Crippen molar-refractivity contribution >= 4 is 22.2 Å². The van der Waals surface area contributed by atoms with Crippen LogP contribution in [0.3, 0.4) is 0 Å². The molecule has 1 N–H and O–H groups in total. The molecule has 1 heterocycles. The molecule has 1 aromatic heterocycles. The summed E-state index contributed by atoms with van der Waals surface area (Å²) >= 11 is 0.938. The largest absolute Gasteiger partial charge is 0.349 e. The molecule has 108 valence electrons. The molecule has 20 heavy (non-hydrogen) atoms. The second-order valence-electron chi connectivity index (χ2n) is 6.00. The predicted octanol–water partition coefficient (Wildman–Crippen LogP) is 3.21. The molecule has 0 radical (unpaired) electrons. The minimum absolute atomic E-state index is 0.0164. The predicted molar refractivity (Wildman–Crippen MR) is 76.8 cm³/mol. The van der Waals surface area contributed by atoms with E-state index in [4.69, 9.17) is 0 Å². The highest BCUT2D eigenvalue weighted by atomic mass is 32.1. The summed E-state index contributed by atoms with van der Waals surface area (Å²) in [7, 11) is 0. The van der Waals surface area contributed by atoms with Crippen molar-refractivity contribution in [3.8, 4) is 0 Å². The summed E-state index contributed by atoms with van der Waals surface area (Å²) in [6, 6.07) is 3.08. The third-order valence-electron chi connectivity index (χ3n) is 4.79. The number of rotatable bonds is 4. The fourth-order valence-corrected chi connectivity index (χ4v) is 4.56. The maximum Gasteiger partial charge on any atom is 0.324 e.